The van der Waals surface area contributed by atoms with Gasteiger partial charge in [-0.15, -0.1) is 13.2 Å². The van der Waals surface area contributed by atoms with Crippen LogP contribution in [0.15, 0.2) is 18.2 Å². The molecule has 0 radical (unpaired) electrons. The van der Waals surface area contributed by atoms with Gasteiger partial charge in [0.25, 0.3) is 0 Å². The van der Waals surface area contributed by atoms with Gasteiger partial charge in [0.1, 0.15) is 5.78 Å². The number of likely N-dealkylation sites (tertiary alicyclic amines) is 1. The van der Waals surface area contributed by atoms with Gasteiger partial charge in [0, 0.05) is 12.5 Å². The molecule has 1 aliphatic heterocycles. The van der Waals surface area contributed by atoms with Crippen LogP contribution in [-0.2, 0) is 4.79 Å². The Morgan fingerprint density at radius 3 is 2.36 bits per heavy atom. The van der Waals surface area contributed by atoms with Crippen LogP contribution in [0.5, 0.6) is 5.75 Å². The summed E-state index contributed by atoms with van der Waals surface area (Å²) in [6, 6.07) is 3.27. The molecule has 1 heterocycles. The summed E-state index contributed by atoms with van der Waals surface area (Å²) in [4.78, 5) is 14.7. The number of Topliss-reactive ketones (excluding diaryl/α,β-unsaturated/α-hetero) is 1. The van der Waals surface area contributed by atoms with Crippen LogP contribution in [0.2, 0.25) is 0 Å². The minimum Gasteiger partial charge on any atom is -0.403 e. The SMILES string of the molecule is CC(C)C(=O)[C@@H](CN1CCCCC1)c1ccc(OC(F)(F)F)c(F)c1. The molecular weight excluding hydrogens is 338 g/mol. The maximum absolute atomic E-state index is 14.0. The smallest absolute Gasteiger partial charge is 0.403 e. The average molecular weight is 361 g/mol. The first-order chi connectivity index (χ1) is 11.7. The third kappa shape index (κ3) is 5.70. The molecule has 0 amide bonds. The zero-order valence-corrected chi connectivity index (χ0v) is 14.4. The van der Waals surface area contributed by atoms with Crippen LogP contribution >= 0.6 is 0 Å². The van der Waals surface area contributed by atoms with Gasteiger partial charge in [0.2, 0.25) is 0 Å². The Kier molecular flexibility index (Phi) is 6.43. The van der Waals surface area contributed by atoms with Crippen LogP contribution in [0.25, 0.3) is 0 Å². The molecule has 0 spiro atoms. The lowest BCUT2D eigenvalue weighted by Crippen LogP contribution is -2.36. The van der Waals surface area contributed by atoms with Gasteiger partial charge >= 0.3 is 6.36 Å². The second-order valence-corrected chi connectivity index (χ2v) is 6.71. The Balaban J connectivity index is 2.23. The Labute approximate surface area is 145 Å². The predicted octanol–water partition coefficient (Wildman–Crippen LogP) is 4.52. The summed E-state index contributed by atoms with van der Waals surface area (Å²) >= 11 is 0. The van der Waals surface area contributed by atoms with Crippen molar-refractivity contribution < 1.29 is 27.1 Å². The van der Waals surface area contributed by atoms with Crippen molar-refractivity contribution in [2.75, 3.05) is 19.6 Å². The van der Waals surface area contributed by atoms with Crippen LogP contribution < -0.4 is 4.74 Å². The molecule has 1 aliphatic rings. The van der Waals surface area contributed by atoms with Gasteiger partial charge in [0.05, 0.1) is 5.92 Å². The number of carbonyl (C=O) groups excluding carboxylic acids is 1. The molecule has 0 bridgehead atoms. The number of benzene rings is 1. The van der Waals surface area contributed by atoms with E-state index in [0.717, 1.165) is 44.5 Å². The van der Waals surface area contributed by atoms with Crippen LogP contribution in [0, 0.1) is 11.7 Å². The van der Waals surface area contributed by atoms with E-state index in [9.17, 15) is 22.4 Å². The third-order valence-corrected chi connectivity index (χ3v) is 4.39. The minimum absolute atomic E-state index is 0.0468. The van der Waals surface area contributed by atoms with Gasteiger partial charge in [-0.2, -0.15) is 0 Å². The van der Waals surface area contributed by atoms with E-state index in [2.05, 4.69) is 9.64 Å². The third-order valence-electron chi connectivity index (χ3n) is 4.39. The number of ketones is 1. The molecule has 25 heavy (non-hydrogen) atoms. The van der Waals surface area contributed by atoms with Gasteiger partial charge in [-0.25, -0.2) is 4.39 Å². The van der Waals surface area contributed by atoms with Gasteiger partial charge < -0.3 is 9.64 Å². The van der Waals surface area contributed by atoms with Gasteiger partial charge in [-0.3, -0.25) is 4.79 Å². The van der Waals surface area contributed by atoms with Crippen molar-refractivity contribution in [3.8, 4) is 5.75 Å². The van der Waals surface area contributed by atoms with E-state index >= 15 is 0 Å². The number of hydrogen-bond donors (Lipinski definition) is 0. The van der Waals surface area contributed by atoms with E-state index in [1.165, 1.54) is 6.07 Å². The molecule has 7 heteroatoms. The summed E-state index contributed by atoms with van der Waals surface area (Å²) in [5.74, 6) is -2.86. The number of nitrogens with zero attached hydrogens (tertiary/aromatic N) is 1. The van der Waals surface area contributed by atoms with Crippen molar-refractivity contribution >= 4 is 5.78 Å². The number of carbonyl (C=O) groups is 1. The lowest BCUT2D eigenvalue weighted by molar-refractivity contribution is -0.275. The highest BCUT2D eigenvalue weighted by atomic mass is 19.4. The largest absolute Gasteiger partial charge is 0.573 e. The zero-order valence-electron chi connectivity index (χ0n) is 14.4. The van der Waals surface area contributed by atoms with Crippen LogP contribution in [0.4, 0.5) is 17.6 Å². The van der Waals surface area contributed by atoms with Crippen LogP contribution in [0.3, 0.4) is 0 Å². The first-order valence-corrected chi connectivity index (χ1v) is 8.48. The van der Waals surface area contributed by atoms with E-state index < -0.39 is 23.8 Å². The molecular formula is C18H23F4NO2. The highest BCUT2D eigenvalue weighted by Crippen LogP contribution is 2.30. The summed E-state index contributed by atoms with van der Waals surface area (Å²) < 4.78 is 54.5. The fourth-order valence-corrected chi connectivity index (χ4v) is 3.10. The summed E-state index contributed by atoms with van der Waals surface area (Å²) in [6.45, 7) is 5.74. The molecule has 0 aliphatic carbocycles. The van der Waals surface area contributed by atoms with Crippen molar-refractivity contribution in [2.24, 2.45) is 5.92 Å². The Hall–Kier alpha value is -1.63. The zero-order chi connectivity index (χ0) is 18.6. The molecule has 0 saturated carbocycles. The van der Waals surface area contributed by atoms with Gasteiger partial charge in [0.15, 0.2) is 11.6 Å². The molecule has 0 unspecified atom stereocenters. The number of ether oxygens (including phenoxy) is 1. The van der Waals surface area contributed by atoms with Crippen molar-refractivity contribution in [2.45, 2.75) is 45.4 Å². The lowest BCUT2D eigenvalue weighted by Gasteiger charge is -2.31. The molecule has 1 saturated heterocycles. The molecule has 3 nitrogen and oxygen atoms in total. The van der Waals surface area contributed by atoms with Crippen LogP contribution in [0.1, 0.15) is 44.6 Å². The lowest BCUT2D eigenvalue weighted by atomic mass is 9.88. The quantitative estimate of drug-likeness (QED) is 0.698. The number of alkyl halides is 3. The first-order valence-electron chi connectivity index (χ1n) is 8.48. The number of piperidine rings is 1. The van der Waals surface area contributed by atoms with Crippen molar-refractivity contribution in [1.29, 1.82) is 0 Å². The first kappa shape index (κ1) is 19.7. The molecule has 0 aromatic heterocycles. The second-order valence-electron chi connectivity index (χ2n) is 6.71. The number of halogens is 4. The molecule has 2 rings (SSSR count). The molecule has 1 aromatic rings. The Morgan fingerprint density at radius 2 is 1.84 bits per heavy atom. The fourth-order valence-electron chi connectivity index (χ4n) is 3.10. The number of hydrogen-bond acceptors (Lipinski definition) is 3. The maximum atomic E-state index is 14.0. The number of rotatable bonds is 6. The predicted molar refractivity (Wildman–Crippen MR) is 86.0 cm³/mol. The standard InChI is InChI=1S/C18H23F4NO2/c1-12(2)17(24)14(11-23-8-4-3-5-9-23)13-6-7-16(15(19)10-13)25-18(20,21)22/h6-7,10,12,14H,3-5,8-9,11H2,1-2H3/t14-/m0/s1. The minimum atomic E-state index is -4.96. The molecule has 1 fully saturated rings. The summed E-state index contributed by atoms with van der Waals surface area (Å²) in [5, 5.41) is 0. The Bertz CT molecular complexity index is 595. The van der Waals surface area contributed by atoms with Crippen molar-refractivity contribution in [3.05, 3.63) is 29.6 Å². The highest BCUT2D eigenvalue weighted by molar-refractivity contribution is 5.87. The van der Waals surface area contributed by atoms with E-state index in [1.54, 1.807) is 13.8 Å². The van der Waals surface area contributed by atoms with E-state index in [-0.39, 0.29) is 11.7 Å². The second kappa shape index (κ2) is 8.17. The average Bonchev–Trinajstić information content (AvgIpc) is 2.53. The molecule has 140 valence electrons. The van der Waals surface area contributed by atoms with Gasteiger partial charge in [-0.05, 0) is 43.6 Å². The van der Waals surface area contributed by atoms with E-state index in [1.807, 2.05) is 0 Å². The van der Waals surface area contributed by atoms with Crippen LogP contribution in [-0.4, -0.2) is 36.7 Å². The topological polar surface area (TPSA) is 29.5 Å². The van der Waals surface area contributed by atoms with E-state index in [4.69, 9.17) is 0 Å². The molecule has 1 atom stereocenters. The van der Waals surface area contributed by atoms with E-state index in [0.29, 0.717) is 12.1 Å². The highest BCUT2D eigenvalue weighted by Gasteiger charge is 2.33. The summed E-state index contributed by atoms with van der Waals surface area (Å²) in [7, 11) is 0. The summed E-state index contributed by atoms with van der Waals surface area (Å²) in [5.41, 5.74) is 0.385. The fraction of sp³-hybridized carbons (Fsp3) is 0.611. The maximum Gasteiger partial charge on any atom is 0.573 e. The summed E-state index contributed by atoms with van der Waals surface area (Å²) in [6.07, 6.45) is -1.70. The normalized spacial score (nSPS) is 17.6. The monoisotopic (exact) mass is 361 g/mol. The molecule has 1 aromatic carbocycles. The van der Waals surface area contributed by atoms with Gasteiger partial charge in [-0.1, -0.05) is 26.3 Å². The Morgan fingerprint density at radius 1 is 1.20 bits per heavy atom. The van der Waals surface area contributed by atoms with Crippen molar-refractivity contribution in [3.63, 3.8) is 0 Å². The van der Waals surface area contributed by atoms with Crippen molar-refractivity contribution in [1.82, 2.24) is 4.90 Å². The molecule has 0 N–H and O–H groups in total.